The highest BCUT2D eigenvalue weighted by molar-refractivity contribution is 7.10. The van der Waals surface area contributed by atoms with Crippen LogP contribution in [0.2, 0.25) is 0 Å². The van der Waals surface area contributed by atoms with Crippen molar-refractivity contribution >= 4 is 23.1 Å². The van der Waals surface area contributed by atoms with Gasteiger partial charge in [-0.05, 0) is 49.9 Å². The number of carbonyl (C=O) groups is 1. The first-order valence-corrected chi connectivity index (χ1v) is 9.58. The van der Waals surface area contributed by atoms with Crippen molar-refractivity contribution in [1.82, 2.24) is 9.88 Å². The molecule has 1 amide bonds. The minimum Gasteiger partial charge on any atom is -0.467 e. The highest BCUT2D eigenvalue weighted by atomic mass is 32.1. The number of nitriles is 1. The number of hydrogen-bond acceptors (Lipinski definition) is 5. The first-order valence-electron chi connectivity index (χ1n) is 8.70. The largest absolute Gasteiger partial charge is 0.467 e. The second-order valence-electron chi connectivity index (χ2n) is 6.38. The summed E-state index contributed by atoms with van der Waals surface area (Å²) in [6.45, 7) is 6.46. The Balaban J connectivity index is 1.75. The molecule has 0 radical (unpaired) electrons. The average molecular weight is 382 g/mol. The number of carbonyl (C=O) groups excluding carboxylic acids is 1. The molecule has 2 N–H and O–H groups in total. The third-order valence-electron chi connectivity index (χ3n) is 4.63. The van der Waals surface area contributed by atoms with E-state index >= 15 is 0 Å². The Morgan fingerprint density at radius 2 is 2.19 bits per heavy atom. The Hall–Kier alpha value is -2.82. The summed E-state index contributed by atoms with van der Waals surface area (Å²) in [6.07, 6.45) is 1.61. The molecule has 140 valence electrons. The summed E-state index contributed by atoms with van der Waals surface area (Å²) in [6, 6.07) is 10.0. The molecule has 0 unspecified atom stereocenters. The van der Waals surface area contributed by atoms with Crippen molar-refractivity contribution in [3.63, 3.8) is 0 Å². The minimum atomic E-state index is -0.187. The van der Waals surface area contributed by atoms with Crippen molar-refractivity contribution in [2.75, 3.05) is 11.9 Å². The van der Waals surface area contributed by atoms with Crippen LogP contribution in [-0.2, 0) is 11.3 Å². The van der Waals surface area contributed by atoms with E-state index in [0.717, 1.165) is 17.0 Å². The van der Waals surface area contributed by atoms with Crippen LogP contribution < -0.4 is 10.6 Å². The van der Waals surface area contributed by atoms with E-state index in [1.54, 1.807) is 17.6 Å². The van der Waals surface area contributed by atoms with E-state index in [2.05, 4.69) is 16.7 Å². The maximum Gasteiger partial charge on any atom is 0.239 e. The van der Waals surface area contributed by atoms with E-state index in [1.165, 1.54) is 4.88 Å². The minimum absolute atomic E-state index is 0.0876. The Morgan fingerprint density at radius 3 is 2.81 bits per heavy atom. The van der Waals surface area contributed by atoms with Gasteiger partial charge in [-0.15, -0.1) is 11.3 Å². The van der Waals surface area contributed by atoms with Crippen molar-refractivity contribution < 1.29 is 9.21 Å². The summed E-state index contributed by atoms with van der Waals surface area (Å²) in [5.41, 5.74) is 2.27. The van der Waals surface area contributed by atoms with E-state index in [-0.39, 0.29) is 18.5 Å². The molecule has 0 bridgehead atoms. The fourth-order valence-corrected chi connectivity index (χ4v) is 3.71. The molecule has 0 aliphatic rings. The number of thiophene rings is 1. The van der Waals surface area contributed by atoms with E-state index in [9.17, 15) is 10.1 Å². The number of hydrogen-bond donors (Lipinski definition) is 2. The topological polar surface area (TPSA) is 83.0 Å². The molecule has 1 atom stereocenters. The summed E-state index contributed by atoms with van der Waals surface area (Å²) >= 11 is 1.65. The van der Waals surface area contributed by atoms with Gasteiger partial charge < -0.3 is 19.6 Å². The van der Waals surface area contributed by atoms with Crippen LogP contribution in [0.1, 0.15) is 40.4 Å². The molecule has 0 spiro atoms. The van der Waals surface area contributed by atoms with Crippen LogP contribution in [0.15, 0.2) is 40.3 Å². The highest BCUT2D eigenvalue weighted by Crippen LogP contribution is 2.27. The van der Waals surface area contributed by atoms with Gasteiger partial charge in [0.15, 0.2) is 0 Å². The molecule has 3 rings (SSSR count). The molecule has 0 aliphatic carbocycles. The second-order valence-corrected chi connectivity index (χ2v) is 7.36. The lowest BCUT2D eigenvalue weighted by Gasteiger charge is -2.14. The number of aromatic nitrogens is 1. The fraction of sp³-hybridized carbons (Fsp3) is 0.300. The average Bonchev–Trinajstić information content (AvgIpc) is 3.40. The molecule has 7 heteroatoms. The summed E-state index contributed by atoms with van der Waals surface area (Å²) in [5, 5.41) is 17.7. The molecule has 0 aliphatic heterocycles. The van der Waals surface area contributed by atoms with Gasteiger partial charge in [0.1, 0.15) is 17.6 Å². The van der Waals surface area contributed by atoms with Gasteiger partial charge in [0.05, 0.1) is 24.9 Å². The molecule has 0 saturated heterocycles. The van der Waals surface area contributed by atoms with Gasteiger partial charge >= 0.3 is 0 Å². The SMILES string of the molecule is Cc1c(C#N)c(NC(=O)CN[C@H](C)c2cccs2)n(Cc2ccco2)c1C. The third kappa shape index (κ3) is 4.13. The smallest absolute Gasteiger partial charge is 0.239 e. The summed E-state index contributed by atoms with van der Waals surface area (Å²) in [4.78, 5) is 13.7. The zero-order valence-electron chi connectivity index (χ0n) is 15.6. The van der Waals surface area contributed by atoms with Crippen molar-refractivity contribution in [2.24, 2.45) is 0 Å². The van der Waals surface area contributed by atoms with Gasteiger partial charge in [-0.2, -0.15) is 5.26 Å². The molecule has 0 fully saturated rings. The quantitative estimate of drug-likeness (QED) is 0.648. The summed E-state index contributed by atoms with van der Waals surface area (Å²) in [7, 11) is 0. The van der Waals surface area contributed by atoms with Crippen molar-refractivity contribution in [3.8, 4) is 6.07 Å². The predicted octanol–water partition coefficient (Wildman–Crippen LogP) is 3.97. The molecule has 3 heterocycles. The number of anilines is 1. The van der Waals surface area contributed by atoms with Gasteiger partial charge in [0, 0.05) is 16.6 Å². The number of rotatable bonds is 7. The van der Waals surface area contributed by atoms with Crippen molar-refractivity contribution in [1.29, 1.82) is 5.26 Å². The van der Waals surface area contributed by atoms with E-state index in [1.807, 2.05) is 55.0 Å². The molecule has 6 nitrogen and oxygen atoms in total. The molecule has 3 aromatic rings. The van der Waals surface area contributed by atoms with Crippen LogP contribution in [0.4, 0.5) is 5.82 Å². The van der Waals surface area contributed by atoms with Crippen molar-refractivity contribution in [2.45, 2.75) is 33.4 Å². The maximum atomic E-state index is 12.5. The van der Waals surface area contributed by atoms with Crippen LogP contribution in [0.3, 0.4) is 0 Å². The zero-order chi connectivity index (χ0) is 19.4. The summed E-state index contributed by atoms with van der Waals surface area (Å²) in [5.74, 6) is 1.09. The van der Waals surface area contributed by atoms with E-state index in [0.29, 0.717) is 17.9 Å². The van der Waals surface area contributed by atoms with Gasteiger partial charge in [0.2, 0.25) is 5.91 Å². The zero-order valence-corrected chi connectivity index (χ0v) is 16.4. The fourth-order valence-electron chi connectivity index (χ4n) is 2.95. The normalized spacial score (nSPS) is 11.9. The summed E-state index contributed by atoms with van der Waals surface area (Å²) < 4.78 is 7.34. The Morgan fingerprint density at radius 1 is 1.37 bits per heavy atom. The molecule has 27 heavy (non-hydrogen) atoms. The third-order valence-corrected chi connectivity index (χ3v) is 5.69. The second kappa shape index (κ2) is 8.25. The number of amides is 1. The lowest BCUT2D eigenvalue weighted by Crippen LogP contribution is -2.30. The van der Waals surface area contributed by atoms with Gasteiger partial charge in [0.25, 0.3) is 0 Å². The molecular formula is C20H22N4O2S. The van der Waals surface area contributed by atoms with Crippen molar-refractivity contribution in [3.05, 3.63) is 63.4 Å². The van der Waals surface area contributed by atoms with Gasteiger partial charge in [-0.3, -0.25) is 4.79 Å². The number of nitrogens with one attached hydrogen (secondary N) is 2. The van der Waals surface area contributed by atoms with Crippen LogP contribution >= 0.6 is 11.3 Å². The molecular weight excluding hydrogens is 360 g/mol. The number of furan rings is 1. The lowest BCUT2D eigenvalue weighted by molar-refractivity contribution is -0.115. The molecule has 3 aromatic heterocycles. The van der Waals surface area contributed by atoms with Crippen LogP contribution in [-0.4, -0.2) is 17.0 Å². The van der Waals surface area contributed by atoms with E-state index in [4.69, 9.17) is 4.42 Å². The monoisotopic (exact) mass is 382 g/mol. The molecule has 0 aromatic carbocycles. The Labute approximate surface area is 162 Å². The Kier molecular flexibility index (Phi) is 5.79. The van der Waals surface area contributed by atoms with Crippen LogP contribution in [0, 0.1) is 25.2 Å². The maximum absolute atomic E-state index is 12.5. The standard InChI is InChI=1S/C20H22N4O2S/c1-13-15(3)24(12-16-6-4-8-26-16)20(17(13)10-21)23-19(25)11-22-14(2)18-7-5-9-27-18/h4-9,14,22H,11-12H2,1-3H3,(H,23,25)/t14-/m1/s1. The highest BCUT2D eigenvalue weighted by Gasteiger charge is 2.20. The molecule has 0 saturated carbocycles. The Bertz CT molecular complexity index is 949. The first kappa shape index (κ1) is 19.0. The first-order chi connectivity index (χ1) is 13.0. The van der Waals surface area contributed by atoms with Crippen LogP contribution in [0.25, 0.3) is 0 Å². The van der Waals surface area contributed by atoms with Gasteiger partial charge in [-0.1, -0.05) is 6.07 Å². The number of nitrogens with zero attached hydrogens (tertiary/aromatic N) is 2. The predicted molar refractivity (Wildman–Crippen MR) is 106 cm³/mol. The van der Waals surface area contributed by atoms with Gasteiger partial charge in [-0.25, -0.2) is 0 Å². The van der Waals surface area contributed by atoms with E-state index < -0.39 is 0 Å². The van der Waals surface area contributed by atoms with Crippen LogP contribution in [0.5, 0.6) is 0 Å². The lowest BCUT2D eigenvalue weighted by atomic mass is 10.2.